The molecule has 0 radical (unpaired) electrons. The van der Waals surface area contributed by atoms with Crippen LogP contribution in [0.1, 0.15) is 5.56 Å². The van der Waals surface area contributed by atoms with E-state index in [4.69, 9.17) is 16.7 Å². The Hall–Kier alpha value is -2.11. The third-order valence-corrected chi connectivity index (χ3v) is 4.53. The summed E-state index contributed by atoms with van der Waals surface area (Å²) in [5.74, 6) is 1.50. The maximum absolute atomic E-state index is 6.07. The topological polar surface area (TPSA) is 43.1 Å². The lowest BCUT2D eigenvalue weighted by Crippen LogP contribution is -2.13. The third-order valence-electron chi connectivity index (χ3n) is 3.36. The summed E-state index contributed by atoms with van der Waals surface area (Å²) in [7, 11) is 0. The molecule has 0 saturated carbocycles. The Bertz CT molecular complexity index is 858. The highest BCUT2D eigenvalue weighted by Crippen LogP contribution is 2.29. The molecule has 0 bridgehead atoms. The molecule has 0 atom stereocenters. The van der Waals surface area contributed by atoms with E-state index >= 15 is 0 Å². The predicted molar refractivity (Wildman–Crippen MR) is 89.6 cm³/mol. The van der Waals surface area contributed by atoms with Crippen LogP contribution >= 0.6 is 23.4 Å². The number of fused-ring (bicyclic) bond motifs is 1. The zero-order chi connectivity index (χ0) is 14.9. The number of hydrogen-bond donors (Lipinski definition) is 0. The first-order valence-electron chi connectivity index (χ1n) is 6.79. The van der Waals surface area contributed by atoms with Crippen molar-refractivity contribution in [3.63, 3.8) is 0 Å². The van der Waals surface area contributed by atoms with Crippen molar-refractivity contribution < 1.29 is 0 Å². The highest BCUT2D eigenvalue weighted by molar-refractivity contribution is 7.99. The molecule has 2 heterocycles. The fourth-order valence-corrected chi connectivity index (χ4v) is 3.34. The molecule has 0 aliphatic carbocycles. The molecule has 2 aromatic carbocycles. The number of nitrogens with zero attached hydrogens (tertiary/aromatic N) is 4. The quantitative estimate of drug-likeness (QED) is 0.716. The van der Waals surface area contributed by atoms with E-state index in [2.05, 4.69) is 22.3 Å². The first-order valence-corrected chi connectivity index (χ1v) is 8.15. The van der Waals surface area contributed by atoms with Crippen LogP contribution in [0.4, 0.5) is 0 Å². The Balaban J connectivity index is 1.82. The fourth-order valence-electron chi connectivity index (χ4n) is 2.31. The minimum absolute atomic E-state index is 0.672. The molecule has 3 aromatic rings. The molecule has 1 aliphatic heterocycles. The molecular weight excluding hydrogens is 316 g/mol. The highest BCUT2D eigenvalue weighted by atomic mass is 35.5. The van der Waals surface area contributed by atoms with Gasteiger partial charge >= 0.3 is 0 Å². The van der Waals surface area contributed by atoms with Crippen molar-refractivity contribution in [1.82, 2.24) is 14.9 Å². The molecule has 0 amide bonds. The van der Waals surface area contributed by atoms with Crippen molar-refractivity contribution in [3.05, 3.63) is 65.2 Å². The molecule has 6 heteroatoms. The van der Waals surface area contributed by atoms with E-state index in [0.29, 0.717) is 10.8 Å². The second kappa shape index (κ2) is 5.59. The van der Waals surface area contributed by atoms with Crippen LogP contribution in [0.15, 0.2) is 64.9 Å². The van der Waals surface area contributed by atoms with Gasteiger partial charge in [0.1, 0.15) is 0 Å². The van der Waals surface area contributed by atoms with Crippen molar-refractivity contribution in [2.75, 3.05) is 5.75 Å². The molecule has 0 N–H and O–H groups in total. The smallest absolute Gasteiger partial charge is 0.187 e. The van der Waals surface area contributed by atoms with Crippen molar-refractivity contribution in [2.24, 2.45) is 5.10 Å². The Labute approximate surface area is 136 Å². The van der Waals surface area contributed by atoms with E-state index in [0.717, 1.165) is 27.7 Å². The first-order chi connectivity index (χ1) is 10.8. The van der Waals surface area contributed by atoms with Crippen LogP contribution in [-0.4, -0.2) is 26.3 Å². The molecule has 1 aromatic heterocycles. The molecule has 4 rings (SSSR count). The average Bonchev–Trinajstić information content (AvgIpc) is 2.99. The fraction of sp³-hybridized carbons (Fsp3) is 0.0625. The minimum atomic E-state index is 0.672. The van der Waals surface area contributed by atoms with Gasteiger partial charge in [0.15, 0.2) is 5.82 Å². The summed E-state index contributed by atoms with van der Waals surface area (Å²) in [4.78, 5) is 0. The lowest BCUT2D eigenvalue weighted by molar-refractivity contribution is 0.762. The van der Waals surface area contributed by atoms with Crippen LogP contribution < -0.4 is 0 Å². The van der Waals surface area contributed by atoms with Gasteiger partial charge in [0.25, 0.3) is 0 Å². The number of aromatic nitrogens is 3. The van der Waals surface area contributed by atoms with Gasteiger partial charge in [-0.25, -0.2) is 0 Å². The molecule has 0 fully saturated rings. The van der Waals surface area contributed by atoms with Crippen molar-refractivity contribution >= 4 is 29.1 Å². The van der Waals surface area contributed by atoms with E-state index in [1.807, 2.05) is 42.5 Å². The number of benzene rings is 2. The Morgan fingerprint density at radius 3 is 2.59 bits per heavy atom. The minimum Gasteiger partial charge on any atom is -0.187 e. The van der Waals surface area contributed by atoms with Crippen LogP contribution in [0, 0.1) is 0 Å². The molecule has 0 unspecified atom stereocenters. The zero-order valence-electron chi connectivity index (χ0n) is 11.5. The molecule has 0 spiro atoms. The van der Waals surface area contributed by atoms with Gasteiger partial charge in [0, 0.05) is 16.3 Å². The second-order valence-electron chi connectivity index (χ2n) is 4.83. The maximum Gasteiger partial charge on any atom is 0.212 e. The third kappa shape index (κ3) is 2.42. The predicted octanol–water partition coefficient (Wildman–Crippen LogP) is 3.96. The van der Waals surface area contributed by atoms with Crippen LogP contribution in [0.3, 0.4) is 0 Å². The van der Waals surface area contributed by atoms with Gasteiger partial charge < -0.3 is 0 Å². The van der Waals surface area contributed by atoms with Gasteiger partial charge in [-0.3, -0.25) is 0 Å². The summed E-state index contributed by atoms with van der Waals surface area (Å²) in [5, 5.41) is 14.7. The summed E-state index contributed by atoms with van der Waals surface area (Å²) >= 11 is 7.71. The van der Waals surface area contributed by atoms with Crippen molar-refractivity contribution in [3.8, 4) is 11.4 Å². The van der Waals surface area contributed by atoms with E-state index in [9.17, 15) is 0 Å². The Morgan fingerprint density at radius 1 is 0.955 bits per heavy atom. The van der Waals surface area contributed by atoms with Crippen LogP contribution in [0.25, 0.3) is 11.4 Å². The van der Waals surface area contributed by atoms with Gasteiger partial charge in [-0.05, 0) is 17.7 Å². The zero-order valence-corrected chi connectivity index (χ0v) is 13.1. The first kappa shape index (κ1) is 13.5. The van der Waals surface area contributed by atoms with Crippen molar-refractivity contribution in [2.45, 2.75) is 5.16 Å². The standard InChI is InChI=1S/C16H11ClN4S/c17-13-8-4-7-12(9-13)15-18-19-16-21(15)20-14(10-22-16)11-5-2-1-3-6-11/h1-9H,10H2. The average molecular weight is 327 g/mol. The molecule has 4 nitrogen and oxygen atoms in total. The van der Waals surface area contributed by atoms with Crippen LogP contribution in [0.5, 0.6) is 0 Å². The van der Waals surface area contributed by atoms with Gasteiger partial charge in [0.2, 0.25) is 5.16 Å². The van der Waals surface area contributed by atoms with E-state index in [-0.39, 0.29) is 0 Å². The number of hydrogen-bond acceptors (Lipinski definition) is 4. The summed E-state index contributed by atoms with van der Waals surface area (Å²) in [6.45, 7) is 0. The van der Waals surface area contributed by atoms with Gasteiger partial charge in [0.05, 0.1) is 5.71 Å². The van der Waals surface area contributed by atoms with Gasteiger partial charge in [-0.1, -0.05) is 65.8 Å². The normalized spacial score (nSPS) is 13.6. The highest BCUT2D eigenvalue weighted by Gasteiger charge is 2.20. The number of halogens is 1. The van der Waals surface area contributed by atoms with Gasteiger partial charge in [-0.15, -0.1) is 10.2 Å². The van der Waals surface area contributed by atoms with Crippen LogP contribution in [0.2, 0.25) is 5.02 Å². The lowest BCUT2D eigenvalue weighted by Gasteiger charge is -2.13. The second-order valence-corrected chi connectivity index (χ2v) is 6.21. The van der Waals surface area contributed by atoms with Gasteiger partial charge in [-0.2, -0.15) is 9.78 Å². The number of thioether (sulfide) groups is 1. The summed E-state index contributed by atoms with van der Waals surface area (Å²) in [6.07, 6.45) is 0. The summed E-state index contributed by atoms with van der Waals surface area (Å²) in [5.41, 5.74) is 3.04. The molecule has 0 saturated heterocycles. The van der Waals surface area contributed by atoms with Crippen LogP contribution in [-0.2, 0) is 0 Å². The Kier molecular flexibility index (Phi) is 3.44. The number of rotatable bonds is 2. The largest absolute Gasteiger partial charge is 0.212 e. The maximum atomic E-state index is 6.07. The molecule has 108 valence electrons. The molecule has 22 heavy (non-hydrogen) atoms. The van der Waals surface area contributed by atoms with Crippen molar-refractivity contribution in [1.29, 1.82) is 0 Å². The lowest BCUT2D eigenvalue weighted by atomic mass is 10.1. The SMILES string of the molecule is Clc1cccc(-c2nnc3n2N=C(c2ccccc2)CS3)c1. The molecular formula is C16H11ClN4S. The van der Waals surface area contributed by atoms with E-state index in [1.165, 1.54) is 0 Å². The monoisotopic (exact) mass is 326 g/mol. The van der Waals surface area contributed by atoms with E-state index in [1.54, 1.807) is 16.4 Å². The van der Waals surface area contributed by atoms with E-state index < -0.39 is 0 Å². The summed E-state index contributed by atoms with van der Waals surface area (Å²) in [6, 6.07) is 17.7. The summed E-state index contributed by atoms with van der Waals surface area (Å²) < 4.78 is 1.79. The Morgan fingerprint density at radius 2 is 1.77 bits per heavy atom. The molecule has 1 aliphatic rings.